The molecular weight excluding hydrogens is 248 g/mol. The Kier molecular flexibility index (Phi) is 4.23. The lowest BCUT2D eigenvalue weighted by atomic mass is 10.1. The van der Waals surface area contributed by atoms with Crippen molar-refractivity contribution in [1.29, 1.82) is 0 Å². The van der Waals surface area contributed by atoms with Gasteiger partial charge < -0.3 is 4.90 Å². The standard InChI is InChI=1S/C14H19ClN2O/c1-10(2)12-8-11(9-13(15)16-12)14(18)17-6-4-3-5-7-17/h8-10H,3-7H2,1-2H3. The second kappa shape index (κ2) is 5.70. The SMILES string of the molecule is CC(C)c1cc(C(=O)N2CCCCC2)cc(Cl)n1. The molecule has 1 aliphatic rings. The van der Waals surface area contributed by atoms with Crippen molar-refractivity contribution in [3.05, 3.63) is 28.5 Å². The summed E-state index contributed by atoms with van der Waals surface area (Å²) in [5, 5.41) is 0.404. The minimum absolute atomic E-state index is 0.0842. The van der Waals surface area contributed by atoms with E-state index in [1.54, 1.807) is 6.07 Å². The first-order valence-electron chi connectivity index (χ1n) is 6.54. The summed E-state index contributed by atoms with van der Waals surface area (Å²) in [4.78, 5) is 18.5. The van der Waals surface area contributed by atoms with E-state index in [2.05, 4.69) is 4.98 Å². The molecule has 1 fully saturated rings. The third kappa shape index (κ3) is 3.02. The molecule has 0 N–H and O–H groups in total. The lowest BCUT2D eigenvalue weighted by molar-refractivity contribution is 0.0724. The van der Waals surface area contributed by atoms with Gasteiger partial charge in [0.15, 0.2) is 0 Å². The van der Waals surface area contributed by atoms with E-state index in [4.69, 9.17) is 11.6 Å². The highest BCUT2D eigenvalue weighted by Crippen LogP contribution is 2.20. The summed E-state index contributed by atoms with van der Waals surface area (Å²) in [6.45, 7) is 5.81. The molecule has 3 nitrogen and oxygen atoms in total. The fraction of sp³-hybridized carbons (Fsp3) is 0.571. The first-order valence-corrected chi connectivity index (χ1v) is 6.92. The highest BCUT2D eigenvalue weighted by molar-refractivity contribution is 6.29. The van der Waals surface area contributed by atoms with Crippen LogP contribution in [0.25, 0.3) is 0 Å². The molecule has 0 spiro atoms. The van der Waals surface area contributed by atoms with Crippen LogP contribution in [0.2, 0.25) is 5.15 Å². The van der Waals surface area contributed by atoms with Gasteiger partial charge in [-0.2, -0.15) is 0 Å². The topological polar surface area (TPSA) is 33.2 Å². The van der Waals surface area contributed by atoms with Gasteiger partial charge in [-0.1, -0.05) is 25.4 Å². The third-order valence-electron chi connectivity index (χ3n) is 3.30. The van der Waals surface area contributed by atoms with Gasteiger partial charge in [-0.05, 0) is 37.3 Å². The number of aromatic nitrogens is 1. The number of halogens is 1. The predicted octanol–water partition coefficient (Wildman–Crippen LogP) is 3.48. The van der Waals surface area contributed by atoms with Crippen LogP contribution in [0.3, 0.4) is 0 Å². The van der Waals surface area contributed by atoms with Gasteiger partial charge in [0.25, 0.3) is 5.91 Å². The largest absolute Gasteiger partial charge is 0.339 e. The zero-order valence-corrected chi connectivity index (χ0v) is 11.7. The van der Waals surface area contributed by atoms with Crippen LogP contribution in [0.15, 0.2) is 12.1 Å². The quantitative estimate of drug-likeness (QED) is 0.768. The summed E-state index contributed by atoms with van der Waals surface area (Å²) in [5.41, 5.74) is 1.54. The van der Waals surface area contributed by atoms with Gasteiger partial charge in [0.05, 0.1) is 0 Å². The zero-order chi connectivity index (χ0) is 13.1. The van der Waals surface area contributed by atoms with E-state index >= 15 is 0 Å². The molecule has 18 heavy (non-hydrogen) atoms. The van der Waals surface area contributed by atoms with Crippen molar-refractivity contribution < 1.29 is 4.79 Å². The number of pyridine rings is 1. The molecule has 0 bridgehead atoms. The third-order valence-corrected chi connectivity index (χ3v) is 3.49. The number of rotatable bonds is 2. The zero-order valence-electron chi connectivity index (χ0n) is 10.9. The Hall–Kier alpha value is -1.09. The summed E-state index contributed by atoms with van der Waals surface area (Å²) in [7, 11) is 0. The molecule has 0 atom stereocenters. The number of carbonyl (C=O) groups is 1. The van der Waals surface area contributed by atoms with E-state index in [-0.39, 0.29) is 11.8 Å². The molecular formula is C14H19ClN2O. The lowest BCUT2D eigenvalue weighted by Crippen LogP contribution is -2.35. The highest BCUT2D eigenvalue weighted by atomic mass is 35.5. The first kappa shape index (κ1) is 13.3. The smallest absolute Gasteiger partial charge is 0.254 e. The van der Waals surface area contributed by atoms with Gasteiger partial charge in [-0.15, -0.1) is 0 Å². The molecule has 1 aromatic heterocycles. The Morgan fingerprint density at radius 3 is 2.56 bits per heavy atom. The van der Waals surface area contributed by atoms with Gasteiger partial charge in [-0.25, -0.2) is 4.98 Å². The molecule has 0 aliphatic carbocycles. The minimum atomic E-state index is 0.0842. The maximum atomic E-state index is 12.4. The van der Waals surface area contributed by atoms with Gasteiger partial charge >= 0.3 is 0 Å². The van der Waals surface area contributed by atoms with Crippen LogP contribution in [-0.2, 0) is 0 Å². The maximum Gasteiger partial charge on any atom is 0.254 e. The Bertz CT molecular complexity index is 439. The van der Waals surface area contributed by atoms with Crippen LogP contribution in [0.4, 0.5) is 0 Å². The number of hydrogen-bond acceptors (Lipinski definition) is 2. The monoisotopic (exact) mass is 266 g/mol. The number of likely N-dealkylation sites (tertiary alicyclic amines) is 1. The molecule has 0 unspecified atom stereocenters. The van der Waals surface area contributed by atoms with E-state index in [0.29, 0.717) is 10.7 Å². The van der Waals surface area contributed by atoms with Crippen LogP contribution in [0.1, 0.15) is 55.1 Å². The van der Waals surface area contributed by atoms with Crippen molar-refractivity contribution in [2.75, 3.05) is 13.1 Å². The van der Waals surface area contributed by atoms with E-state index in [9.17, 15) is 4.79 Å². The van der Waals surface area contributed by atoms with E-state index in [0.717, 1.165) is 31.6 Å². The van der Waals surface area contributed by atoms with Gasteiger partial charge in [-0.3, -0.25) is 4.79 Å². The Labute approximate surface area is 113 Å². The van der Waals surface area contributed by atoms with Crippen LogP contribution >= 0.6 is 11.6 Å². The molecule has 2 heterocycles. The normalized spacial score (nSPS) is 16.1. The van der Waals surface area contributed by atoms with E-state index in [1.807, 2.05) is 24.8 Å². The molecule has 98 valence electrons. The molecule has 1 saturated heterocycles. The molecule has 0 aromatic carbocycles. The number of amides is 1. The highest BCUT2D eigenvalue weighted by Gasteiger charge is 2.19. The average molecular weight is 267 g/mol. The minimum Gasteiger partial charge on any atom is -0.339 e. The molecule has 2 rings (SSSR count). The van der Waals surface area contributed by atoms with E-state index in [1.165, 1.54) is 6.42 Å². The lowest BCUT2D eigenvalue weighted by Gasteiger charge is -2.27. The number of piperidine rings is 1. The molecule has 4 heteroatoms. The fourth-order valence-electron chi connectivity index (χ4n) is 2.22. The summed E-state index contributed by atoms with van der Waals surface area (Å²) in [6, 6.07) is 3.54. The molecule has 1 aromatic rings. The van der Waals surface area contributed by atoms with Gasteiger partial charge in [0.1, 0.15) is 5.15 Å². The second-order valence-electron chi connectivity index (χ2n) is 5.11. The van der Waals surface area contributed by atoms with Crippen molar-refractivity contribution >= 4 is 17.5 Å². The Morgan fingerprint density at radius 2 is 1.94 bits per heavy atom. The summed E-state index contributed by atoms with van der Waals surface area (Å²) in [5.74, 6) is 0.359. The van der Waals surface area contributed by atoms with Gasteiger partial charge in [0.2, 0.25) is 0 Å². The molecule has 0 radical (unpaired) electrons. The van der Waals surface area contributed by atoms with Crippen LogP contribution < -0.4 is 0 Å². The molecule has 0 saturated carbocycles. The van der Waals surface area contributed by atoms with Crippen LogP contribution in [0.5, 0.6) is 0 Å². The number of nitrogens with zero attached hydrogens (tertiary/aromatic N) is 2. The van der Waals surface area contributed by atoms with Crippen molar-refractivity contribution in [3.8, 4) is 0 Å². The average Bonchev–Trinajstić information content (AvgIpc) is 2.38. The van der Waals surface area contributed by atoms with Crippen LogP contribution in [-0.4, -0.2) is 28.9 Å². The summed E-state index contributed by atoms with van der Waals surface area (Å²) in [6.07, 6.45) is 3.42. The summed E-state index contributed by atoms with van der Waals surface area (Å²) >= 11 is 6.00. The van der Waals surface area contributed by atoms with Crippen molar-refractivity contribution in [1.82, 2.24) is 9.88 Å². The fourth-order valence-corrected chi connectivity index (χ4v) is 2.43. The summed E-state index contributed by atoms with van der Waals surface area (Å²) < 4.78 is 0. The first-order chi connectivity index (χ1) is 8.58. The van der Waals surface area contributed by atoms with Crippen LogP contribution in [0, 0.1) is 0 Å². The van der Waals surface area contributed by atoms with Crippen molar-refractivity contribution in [2.45, 2.75) is 39.0 Å². The molecule has 1 aliphatic heterocycles. The second-order valence-corrected chi connectivity index (χ2v) is 5.50. The Morgan fingerprint density at radius 1 is 1.28 bits per heavy atom. The van der Waals surface area contributed by atoms with Gasteiger partial charge in [0, 0.05) is 24.3 Å². The van der Waals surface area contributed by atoms with Crippen molar-refractivity contribution in [2.24, 2.45) is 0 Å². The Balaban J connectivity index is 2.23. The molecule has 1 amide bonds. The number of carbonyl (C=O) groups excluding carboxylic acids is 1. The predicted molar refractivity (Wildman–Crippen MR) is 73.1 cm³/mol. The van der Waals surface area contributed by atoms with E-state index < -0.39 is 0 Å². The maximum absolute atomic E-state index is 12.4. The number of hydrogen-bond donors (Lipinski definition) is 0. The van der Waals surface area contributed by atoms with Crippen molar-refractivity contribution in [3.63, 3.8) is 0 Å².